The highest BCUT2D eigenvalue weighted by Gasteiger charge is 2.21. The van der Waals surface area contributed by atoms with Gasteiger partial charge in [0.05, 0.1) is 0 Å². The van der Waals surface area contributed by atoms with Crippen LogP contribution in [0.4, 0.5) is 6.01 Å². The summed E-state index contributed by atoms with van der Waals surface area (Å²) in [6, 6.07) is 6.00. The van der Waals surface area contributed by atoms with Crippen LogP contribution in [0.3, 0.4) is 0 Å². The highest BCUT2D eigenvalue weighted by Crippen LogP contribution is 2.29. The first-order chi connectivity index (χ1) is 8.52. The molecular formula is C13H14N2O3. The molecule has 1 heterocycles. The fourth-order valence-corrected chi connectivity index (χ4v) is 1.75. The molecule has 0 saturated heterocycles. The van der Waals surface area contributed by atoms with Crippen molar-refractivity contribution in [3.63, 3.8) is 0 Å². The summed E-state index contributed by atoms with van der Waals surface area (Å²) in [5.74, 6) is -1.27. The molecule has 1 aromatic carbocycles. The minimum Gasteiger partial charge on any atom is -0.475 e. The largest absolute Gasteiger partial charge is 0.475 e. The van der Waals surface area contributed by atoms with Crippen molar-refractivity contribution < 1.29 is 14.3 Å². The van der Waals surface area contributed by atoms with Crippen LogP contribution in [0.2, 0.25) is 0 Å². The lowest BCUT2D eigenvalue weighted by Crippen LogP contribution is -1.98. The van der Waals surface area contributed by atoms with E-state index in [9.17, 15) is 4.79 Å². The minimum absolute atomic E-state index is 0.145. The smallest absolute Gasteiger partial charge is 0.374 e. The van der Waals surface area contributed by atoms with E-state index in [0.29, 0.717) is 5.69 Å². The van der Waals surface area contributed by atoms with Crippen molar-refractivity contribution in [2.24, 2.45) is 0 Å². The molecule has 0 saturated carbocycles. The number of anilines is 1. The summed E-state index contributed by atoms with van der Waals surface area (Å²) in [7, 11) is 1.63. The van der Waals surface area contributed by atoms with Crippen LogP contribution in [0.1, 0.15) is 21.7 Å². The SMILES string of the molecule is CNc1nc(-c2cc(C)ccc2C)c(C(=O)O)o1. The van der Waals surface area contributed by atoms with Crippen molar-refractivity contribution in [2.75, 3.05) is 12.4 Å². The zero-order chi connectivity index (χ0) is 13.3. The van der Waals surface area contributed by atoms with Gasteiger partial charge in [-0.25, -0.2) is 4.79 Å². The molecular weight excluding hydrogens is 232 g/mol. The maximum absolute atomic E-state index is 11.2. The van der Waals surface area contributed by atoms with E-state index in [1.54, 1.807) is 7.05 Å². The predicted octanol–water partition coefficient (Wildman–Crippen LogP) is 2.70. The molecule has 0 bridgehead atoms. The van der Waals surface area contributed by atoms with Gasteiger partial charge in [0.1, 0.15) is 5.69 Å². The first-order valence-corrected chi connectivity index (χ1v) is 5.52. The van der Waals surface area contributed by atoms with Gasteiger partial charge in [0.15, 0.2) is 0 Å². The summed E-state index contributed by atoms with van der Waals surface area (Å²) in [6.07, 6.45) is 0. The second kappa shape index (κ2) is 4.52. The quantitative estimate of drug-likeness (QED) is 0.870. The molecule has 0 fully saturated rings. The number of rotatable bonds is 3. The Morgan fingerprint density at radius 2 is 2.11 bits per heavy atom. The van der Waals surface area contributed by atoms with E-state index in [1.165, 1.54) is 0 Å². The van der Waals surface area contributed by atoms with Crippen molar-refractivity contribution in [3.8, 4) is 11.3 Å². The molecule has 2 N–H and O–H groups in total. The van der Waals surface area contributed by atoms with Gasteiger partial charge in [-0.1, -0.05) is 17.7 Å². The average molecular weight is 246 g/mol. The van der Waals surface area contributed by atoms with E-state index in [-0.39, 0.29) is 11.8 Å². The van der Waals surface area contributed by atoms with Gasteiger partial charge < -0.3 is 14.8 Å². The third-order valence-corrected chi connectivity index (χ3v) is 2.68. The van der Waals surface area contributed by atoms with E-state index < -0.39 is 5.97 Å². The molecule has 94 valence electrons. The first kappa shape index (κ1) is 12.2. The first-order valence-electron chi connectivity index (χ1n) is 5.52. The average Bonchev–Trinajstić information content (AvgIpc) is 2.76. The minimum atomic E-state index is -1.13. The number of carbonyl (C=O) groups is 1. The lowest BCUT2D eigenvalue weighted by molar-refractivity contribution is 0.0665. The van der Waals surface area contributed by atoms with E-state index in [2.05, 4.69) is 10.3 Å². The molecule has 0 amide bonds. The lowest BCUT2D eigenvalue weighted by Gasteiger charge is -2.04. The summed E-state index contributed by atoms with van der Waals surface area (Å²) in [5, 5.41) is 11.8. The summed E-state index contributed by atoms with van der Waals surface area (Å²) in [5.41, 5.74) is 3.13. The molecule has 2 rings (SSSR count). The molecule has 0 spiro atoms. The van der Waals surface area contributed by atoms with Gasteiger partial charge in [-0.05, 0) is 25.5 Å². The summed E-state index contributed by atoms with van der Waals surface area (Å²) < 4.78 is 5.15. The molecule has 1 aromatic heterocycles. The number of aryl methyl sites for hydroxylation is 2. The number of aromatic carboxylic acids is 1. The number of hydrogen-bond acceptors (Lipinski definition) is 4. The number of nitrogens with one attached hydrogen (secondary N) is 1. The standard InChI is InChI=1S/C13H14N2O3/c1-7-4-5-8(2)9(6-7)10-11(12(16)17)18-13(14-3)15-10/h4-6H,1-3H3,(H,14,15)(H,16,17). The van der Waals surface area contributed by atoms with Crippen LogP contribution in [0.25, 0.3) is 11.3 Å². The van der Waals surface area contributed by atoms with Gasteiger partial charge in [-0.15, -0.1) is 0 Å². The number of hydrogen-bond donors (Lipinski definition) is 2. The predicted molar refractivity (Wildman–Crippen MR) is 67.9 cm³/mol. The summed E-state index contributed by atoms with van der Waals surface area (Å²) in [4.78, 5) is 15.3. The van der Waals surface area contributed by atoms with Crippen molar-refractivity contribution in [2.45, 2.75) is 13.8 Å². The van der Waals surface area contributed by atoms with E-state index >= 15 is 0 Å². The number of aromatic nitrogens is 1. The number of carboxylic acid groups (broad SMARTS) is 1. The monoisotopic (exact) mass is 246 g/mol. The van der Waals surface area contributed by atoms with Gasteiger partial charge in [-0.3, -0.25) is 0 Å². The molecule has 0 aliphatic carbocycles. The molecule has 5 heteroatoms. The van der Waals surface area contributed by atoms with Crippen LogP contribution in [0, 0.1) is 13.8 Å². The van der Waals surface area contributed by atoms with Gasteiger partial charge >= 0.3 is 5.97 Å². The van der Waals surface area contributed by atoms with Crippen molar-refractivity contribution in [1.29, 1.82) is 0 Å². The fourth-order valence-electron chi connectivity index (χ4n) is 1.75. The second-order valence-electron chi connectivity index (χ2n) is 4.07. The van der Waals surface area contributed by atoms with Gasteiger partial charge in [0.2, 0.25) is 5.76 Å². The van der Waals surface area contributed by atoms with Gasteiger partial charge in [-0.2, -0.15) is 4.98 Å². The highest BCUT2D eigenvalue weighted by atomic mass is 16.4. The van der Waals surface area contributed by atoms with E-state index in [0.717, 1.165) is 16.7 Å². The Morgan fingerprint density at radius 1 is 1.39 bits per heavy atom. The van der Waals surface area contributed by atoms with E-state index in [4.69, 9.17) is 9.52 Å². The third kappa shape index (κ3) is 2.07. The lowest BCUT2D eigenvalue weighted by atomic mass is 10.0. The second-order valence-corrected chi connectivity index (χ2v) is 4.07. The Kier molecular flexibility index (Phi) is 3.06. The Morgan fingerprint density at radius 3 is 2.72 bits per heavy atom. The fraction of sp³-hybridized carbons (Fsp3) is 0.231. The van der Waals surface area contributed by atoms with Crippen molar-refractivity contribution in [1.82, 2.24) is 4.98 Å². The zero-order valence-electron chi connectivity index (χ0n) is 10.4. The summed E-state index contributed by atoms with van der Waals surface area (Å²) in [6.45, 7) is 3.86. The zero-order valence-corrected chi connectivity index (χ0v) is 10.4. The molecule has 5 nitrogen and oxygen atoms in total. The Balaban J connectivity index is 2.65. The number of carboxylic acids is 1. The Labute approximate surface area is 104 Å². The third-order valence-electron chi connectivity index (χ3n) is 2.68. The Hall–Kier alpha value is -2.30. The maximum Gasteiger partial charge on any atom is 0.374 e. The molecule has 2 aromatic rings. The number of benzene rings is 1. The van der Waals surface area contributed by atoms with Crippen LogP contribution < -0.4 is 5.32 Å². The maximum atomic E-state index is 11.2. The normalized spacial score (nSPS) is 10.4. The number of nitrogens with zero attached hydrogens (tertiary/aromatic N) is 1. The van der Waals surface area contributed by atoms with Crippen molar-refractivity contribution in [3.05, 3.63) is 35.1 Å². The molecule has 0 radical (unpaired) electrons. The van der Waals surface area contributed by atoms with E-state index in [1.807, 2.05) is 32.0 Å². The van der Waals surface area contributed by atoms with Crippen LogP contribution in [-0.2, 0) is 0 Å². The molecule has 0 atom stereocenters. The molecule has 18 heavy (non-hydrogen) atoms. The van der Waals surface area contributed by atoms with Crippen LogP contribution in [-0.4, -0.2) is 23.1 Å². The van der Waals surface area contributed by atoms with Crippen molar-refractivity contribution >= 4 is 12.0 Å². The van der Waals surface area contributed by atoms with Crippen LogP contribution in [0.5, 0.6) is 0 Å². The Bertz CT molecular complexity index is 602. The van der Waals surface area contributed by atoms with Crippen LogP contribution >= 0.6 is 0 Å². The number of oxazole rings is 1. The summed E-state index contributed by atoms with van der Waals surface area (Å²) >= 11 is 0. The molecule has 0 aliphatic heterocycles. The van der Waals surface area contributed by atoms with Crippen LogP contribution in [0.15, 0.2) is 22.6 Å². The topological polar surface area (TPSA) is 75.4 Å². The highest BCUT2D eigenvalue weighted by molar-refractivity contribution is 5.92. The molecule has 0 unspecified atom stereocenters. The van der Waals surface area contributed by atoms with Gasteiger partial charge in [0, 0.05) is 12.6 Å². The van der Waals surface area contributed by atoms with Gasteiger partial charge in [0.25, 0.3) is 6.01 Å². The molecule has 0 aliphatic rings.